The number of fused-ring (bicyclic) bond motifs is 2. The van der Waals surface area contributed by atoms with Gasteiger partial charge in [0.25, 0.3) is 5.78 Å². The van der Waals surface area contributed by atoms with Gasteiger partial charge in [0.15, 0.2) is 11.5 Å². The van der Waals surface area contributed by atoms with Crippen LogP contribution in [0.15, 0.2) is 30.3 Å². The Morgan fingerprint density at radius 2 is 1.70 bits per heavy atom. The largest absolute Gasteiger partial charge is 0.493 e. The second-order valence-electron chi connectivity index (χ2n) is 7.00. The maximum Gasteiger partial charge on any atom is 0.300 e. The number of anilines is 1. The fourth-order valence-electron chi connectivity index (χ4n) is 3.82. The Kier molecular flexibility index (Phi) is 4.36. The first kappa shape index (κ1) is 17.5. The number of amides is 1. The van der Waals surface area contributed by atoms with Gasteiger partial charge >= 0.3 is 5.91 Å². The molecule has 0 N–H and O–H groups in total. The predicted octanol–water partition coefficient (Wildman–Crippen LogP) is 2.56. The molecule has 140 valence electrons. The van der Waals surface area contributed by atoms with E-state index in [0.717, 1.165) is 29.8 Å². The summed E-state index contributed by atoms with van der Waals surface area (Å²) in [6, 6.07) is 9.60. The lowest BCUT2D eigenvalue weighted by Gasteiger charge is -2.32. The molecule has 6 nitrogen and oxygen atoms in total. The molecule has 0 aliphatic carbocycles. The number of methoxy groups -OCH3 is 2. The second-order valence-corrected chi connectivity index (χ2v) is 7.00. The molecule has 2 aliphatic rings. The topological polar surface area (TPSA) is 59.1 Å². The minimum absolute atomic E-state index is 0.397. The van der Waals surface area contributed by atoms with Crippen LogP contribution in [0.25, 0.3) is 0 Å². The zero-order chi connectivity index (χ0) is 19.1. The number of carbonyl (C=O) groups is 2. The van der Waals surface area contributed by atoms with E-state index in [0.29, 0.717) is 30.2 Å². The standard InChI is InChI=1S/C21H22N2O4/c1-13-4-5-17-16(8-13)20(24)21(25)23(17)12-22-7-6-14-9-18(26-2)19(27-3)10-15(14)11-22/h4-5,8-10H,6-7,11-12H2,1-3H3. The van der Waals surface area contributed by atoms with Gasteiger partial charge in [0.1, 0.15) is 0 Å². The number of ether oxygens (including phenoxy) is 2. The summed E-state index contributed by atoms with van der Waals surface area (Å²) in [5.74, 6) is 0.562. The first-order valence-electron chi connectivity index (χ1n) is 8.94. The number of Topliss-reactive ketones (excluding diaryl/α,β-unsaturated/α-hetero) is 1. The van der Waals surface area contributed by atoms with Crippen LogP contribution in [0, 0.1) is 6.92 Å². The molecule has 0 atom stereocenters. The van der Waals surface area contributed by atoms with Gasteiger partial charge in [-0.2, -0.15) is 0 Å². The lowest BCUT2D eigenvalue weighted by Crippen LogP contribution is -2.43. The molecule has 1 amide bonds. The highest BCUT2D eigenvalue weighted by atomic mass is 16.5. The van der Waals surface area contributed by atoms with Gasteiger partial charge < -0.3 is 9.47 Å². The molecule has 0 aromatic heterocycles. The third-order valence-corrected chi connectivity index (χ3v) is 5.27. The molecule has 2 aromatic rings. The number of ketones is 1. The van der Waals surface area contributed by atoms with Crippen LogP contribution >= 0.6 is 0 Å². The third kappa shape index (κ3) is 2.96. The highest BCUT2D eigenvalue weighted by molar-refractivity contribution is 6.52. The molecule has 2 aliphatic heterocycles. The zero-order valence-electron chi connectivity index (χ0n) is 15.7. The van der Waals surface area contributed by atoms with Crippen molar-refractivity contribution >= 4 is 17.4 Å². The maximum atomic E-state index is 12.5. The Bertz CT molecular complexity index is 938. The Hall–Kier alpha value is -2.86. The zero-order valence-corrected chi connectivity index (χ0v) is 15.7. The van der Waals surface area contributed by atoms with E-state index in [-0.39, 0.29) is 0 Å². The lowest BCUT2D eigenvalue weighted by molar-refractivity contribution is -0.114. The molecule has 6 heteroatoms. The number of hydrogen-bond donors (Lipinski definition) is 0. The summed E-state index contributed by atoms with van der Waals surface area (Å²) in [5.41, 5.74) is 4.56. The predicted molar refractivity (Wildman–Crippen MR) is 102 cm³/mol. The van der Waals surface area contributed by atoms with Gasteiger partial charge in [-0.15, -0.1) is 0 Å². The first-order valence-corrected chi connectivity index (χ1v) is 8.94. The lowest BCUT2D eigenvalue weighted by atomic mass is 9.99. The SMILES string of the molecule is COc1cc2c(cc1OC)CN(CN1C(=O)C(=O)c3cc(C)ccc31)CC2. The summed E-state index contributed by atoms with van der Waals surface area (Å²) >= 11 is 0. The number of hydrogen-bond acceptors (Lipinski definition) is 5. The van der Waals surface area contributed by atoms with Gasteiger partial charge in [-0.3, -0.25) is 19.4 Å². The van der Waals surface area contributed by atoms with Gasteiger partial charge in [-0.25, -0.2) is 0 Å². The van der Waals surface area contributed by atoms with E-state index in [1.165, 1.54) is 5.56 Å². The molecule has 0 saturated carbocycles. The molecule has 0 radical (unpaired) electrons. The van der Waals surface area contributed by atoms with E-state index < -0.39 is 11.7 Å². The van der Waals surface area contributed by atoms with Crippen LogP contribution < -0.4 is 14.4 Å². The molecule has 0 spiro atoms. The van der Waals surface area contributed by atoms with Crippen molar-refractivity contribution in [2.24, 2.45) is 0 Å². The monoisotopic (exact) mass is 366 g/mol. The van der Waals surface area contributed by atoms with Crippen molar-refractivity contribution in [3.05, 3.63) is 52.6 Å². The average molecular weight is 366 g/mol. The van der Waals surface area contributed by atoms with E-state index in [2.05, 4.69) is 4.90 Å². The first-order chi connectivity index (χ1) is 13.0. The summed E-state index contributed by atoms with van der Waals surface area (Å²) in [7, 11) is 3.26. The van der Waals surface area contributed by atoms with Crippen molar-refractivity contribution in [2.75, 3.05) is 32.3 Å². The second kappa shape index (κ2) is 6.70. The summed E-state index contributed by atoms with van der Waals surface area (Å²) < 4.78 is 10.8. The molecule has 2 aromatic carbocycles. The smallest absolute Gasteiger partial charge is 0.300 e. The van der Waals surface area contributed by atoms with Crippen LogP contribution in [0.4, 0.5) is 5.69 Å². The summed E-state index contributed by atoms with van der Waals surface area (Å²) in [6.45, 7) is 3.81. The van der Waals surface area contributed by atoms with Crippen molar-refractivity contribution in [3.8, 4) is 11.5 Å². The van der Waals surface area contributed by atoms with E-state index in [9.17, 15) is 9.59 Å². The Morgan fingerprint density at radius 3 is 2.41 bits per heavy atom. The minimum atomic E-state index is -0.450. The number of rotatable bonds is 4. The molecular weight excluding hydrogens is 344 g/mol. The maximum absolute atomic E-state index is 12.5. The normalized spacial score (nSPS) is 16.3. The molecule has 0 fully saturated rings. The van der Waals surface area contributed by atoms with Gasteiger partial charge in [0.05, 0.1) is 32.1 Å². The van der Waals surface area contributed by atoms with Crippen molar-refractivity contribution in [2.45, 2.75) is 19.9 Å². The number of aryl methyl sites for hydroxylation is 1. The molecule has 4 rings (SSSR count). The average Bonchev–Trinajstić information content (AvgIpc) is 2.91. The third-order valence-electron chi connectivity index (χ3n) is 5.27. The number of carbonyl (C=O) groups excluding carboxylic acids is 2. The summed E-state index contributed by atoms with van der Waals surface area (Å²) in [5, 5.41) is 0. The van der Waals surface area contributed by atoms with Crippen molar-refractivity contribution < 1.29 is 19.1 Å². The van der Waals surface area contributed by atoms with E-state index in [4.69, 9.17) is 9.47 Å². The van der Waals surface area contributed by atoms with Gasteiger partial charge in [0.2, 0.25) is 0 Å². The molecule has 0 unspecified atom stereocenters. The van der Waals surface area contributed by atoms with Crippen molar-refractivity contribution in [1.29, 1.82) is 0 Å². The van der Waals surface area contributed by atoms with Crippen molar-refractivity contribution in [1.82, 2.24) is 4.90 Å². The van der Waals surface area contributed by atoms with E-state index in [1.54, 1.807) is 25.2 Å². The van der Waals surface area contributed by atoms with Crippen LogP contribution in [-0.2, 0) is 17.8 Å². The Morgan fingerprint density at radius 1 is 1.00 bits per heavy atom. The van der Waals surface area contributed by atoms with Crippen LogP contribution in [0.2, 0.25) is 0 Å². The van der Waals surface area contributed by atoms with Crippen LogP contribution in [0.1, 0.15) is 27.0 Å². The van der Waals surface area contributed by atoms with Gasteiger partial charge in [0, 0.05) is 13.1 Å². The van der Waals surface area contributed by atoms with Crippen LogP contribution in [0.5, 0.6) is 11.5 Å². The molecule has 2 heterocycles. The fraction of sp³-hybridized carbons (Fsp3) is 0.333. The molecule has 0 bridgehead atoms. The van der Waals surface area contributed by atoms with Gasteiger partial charge in [-0.1, -0.05) is 11.6 Å². The quantitative estimate of drug-likeness (QED) is 0.779. The number of nitrogens with zero attached hydrogens (tertiary/aromatic N) is 2. The van der Waals surface area contributed by atoms with Crippen LogP contribution in [0.3, 0.4) is 0 Å². The summed E-state index contributed by atoms with van der Waals surface area (Å²) in [4.78, 5) is 28.6. The van der Waals surface area contributed by atoms with E-state index >= 15 is 0 Å². The van der Waals surface area contributed by atoms with Crippen molar-refractivity contribution in [3.63, 3.8) is 0 Å². The molecule has 0 saturated heterocycles. The Labute approximate surface area is 158 Å². The Balaban J connectivity index is 1.57. The fourth-order valence-corrected chi connectivity index (χ4v) is 3.82. The molecular formula is C21H22N2O4. The van der Waals surface area contributed by atoms with Gasteiger partial charge in [-0.05, 0) is 48.7 Å². The highest BCUT2D eigenvalue weighted by Crippen LogP contribution is 2.34. The minimum Gasteiger partial charge on any atom is -0.493 e. The number of benzene rings is 2. The highest BCUT2D eigenvalue weighted by Gasteiger charge is 2.37. The summed E-state index contributed by atoms with van der Waals surface area (Å²) in [6.07, 6.45) is 0.854. The van der Waals surface area contributed by atoms with E-state index in [1.807, 2.05) is 31.2 Å². The van der Waals surface area contributed by atoms with Crippen LogP contribution in [-0.4, -0.2) is 44.0 Å². The molecule has 27 heavy (non-hydrogen) atoms.